The van der Waals surface area contributed by atoms with E-state index >= 15 is 0 Å². The molecule has 0 fully saturated rings. The highest BCUT2D eigenvalue weighted by atomic mass is 32.1. The molecule has 7 heteroatoms. The highest BCUT2D eigenvalue weighted by molar-refractivity contribution is 7.15. The third-order valence-corrected chi connectivity index (χ3v) is 2.53. The van der Waals surface area contributed by atoms with Crippen molar-refractivity contribution in [2.75, 3.05) is 38.8 Å². The fraction of sp³-hybridized carbons (Fsp3) is 0.800. The number of ether oxygens (including phenoxy) is 3. The number of anilines is 1. The van der Waals surface area contributed by atoms with Gasteiger partial charge < -0.3 is 19.9 Å². The van der Waals surface area contributed by atoms with E-state index in [-0.39, 0.29) is 0 Å². The van der Waals surface area contributed by atoms with Gasteiger partial charge in [-0.2, -0.15) is 0 Å². The quantitative estimate of drug-likeness (QED) is 0.635. The standard InChI is InChI=1S/C10H19N3O3S/c1-2-3-14-4-5-15-6-7-16-8-9-12-13-10(11)17-9/h2-8H2,1H3,(H2,11,13). The van der Waals surface area contributed by atoms with Crippen molar-refractivity contribution in [3.63, 3.8) is 0 Å². The lowest BCUT2D eigenvalue weighted by molar-refractivity contribution is 0.0106. The van der Waals surface area contributed by atoms with E-state index in [0.717, 1.165) is 18.0 Å². The predicted molar refractivity (Wildman–Crippen MR) is 65.9 cm³/mol. The zero-order valence-electron chi connectivity index (χ0n) is 10.1. The number of nitrogen functional groups attached to an aromatic ring is 1. The minimum atomic E-state index is 0.435. The Labute approximate surface area is 105 Å². The molecule has 0 aliphatic heterocycles. The van der Waals surface area contributed by atoms with Gasteiger partial charge in [-0.15, -0.1) is 10.2 Å². The lowest BCUT2D eigenvalue weighted by atomic mass is 10.5. The zero-order chi connectivity index (χ0) is 12.3. The molecule has 0 aromatic carbocycles. The van der Waals surface area contributed by atoms with Crippen molar-refractivity contribution in [3.8, 4) is 0 Å². The fourth-order valence-electron chi connectivity index (χ4n) is 1.07. The highest BCUT2D eigenvalue weighted by Gasteiger charge is 2.00. The Hall–Kier alpha value is -0.760. The van der Waals surface area contributed by atoms with Crippen LogP contribution in [0, 0.1) is 0 Å². The third-order valence-electron chi connectivity index (χ3n) is 1.80. The Morgan fingerprint density at radius 1 is 1.00 bits per heavy atom. The smallest absolute Gasteiger partial charge is 0.203 e. The average Bonchev–Trinajstić information content (AvgIpc) is 2.73. The van der Waals surface area contributed by atoms with Crippen molar-refractivity contribution in [2.24, 2.45) is 0 Å². The maximum atomic E-state index is 5.44. The van der Waals surface area contributed by atoms with Gasteiger partial charge in [-0.1, -0.05) is 18.3 Å². The molecule has 98 valence electrons. The second kappa shape index (κ2) is 9.29. The van der Waals surface area contributed by atoms with Gasteiger partial charge in [-0.25, -0.2) is 0 Å². The molecule has 0 spiro atoms. The molecule has 2 N–H and O–H groups in total. The summed E-state index contributed by atoms with van der Waals surface area (Å²) in [5.41, 5.74) is 5.44. The van der Waals surface area contributed by atoms with Gasteiger partial charge in [-0.3, -0.25) is 0 Å². The van der Waals surface area contributed by atoms with Crippen molar-refractivity contribution in [1.29, 1.82) is 0 Å². The molecule has 0 radical (unpaired) electrons. The molecule has 0 bridgehead atoms. The molecular weight excluding hydrogens is 242 g/mol. The molecular formula is C10H19N3O3S. The Morgan fingerprint density at radius 3 is 2.24 bits per heavy atom. The summed E-state index contributed by atoms with van der Waals surface area (Å²) in [6.07, 6.45) is 1.04. The van der Waals surface area contributed by atoms with Crippen molar-refractivity contribution >= 4 is 16.5 Å². The Bertz CT molecular complexity index is 296. The van der Waals surface area contributed by atoms with Gasteiger partial charge in [0.15, 0.2) is 0 Å². The molecule has 0 aliphatic carbocycles. The van der Waals surface area contributed by atoms with E-state index in [1.807, 2.05) is 0 Å². The van der Waals surface area contributed by atoms with Crippen LogP contribution in [-0.2, 0) is 20.8 Å². The maximum absolute atomic E-state index is 5.44. The zero-order valence-corrected chi connectivity index (χ0v) is 10.9. The molecule has 1 heterocycles. The van der Waals surface area contributed by atoms with Gasteiger partial charge in [0.05, 0.1) is 26.4 Å². The summed E-state index contributed by atoms with van der Waals surface area (Å²) in [6, 6.07) is 0. The molecule has 1 aromatic rings. The van der Waals surface area contributed by atoms with Gasteiger partial charge in [0.1, 0.15) is 11.6 Å². The van der Waals surface area contributed by atoms with E-state index < -0.39 is 0 Å². The Balaban J connectivity index is 1.84. The minimum Gasteiger partial charge on any atom is -0.379 e. The Morgan fingerprint density at radius 2 is 1.65 bits per heavy atom. The SMILES string of the molecule is CCCOCCOCCOCc1nnc(N)s1. The number of hydrogen-bond donors (Lipinski definition) is 1. The van der Waals surface area contributed by atoms with Crippen molar-refractivity contribution in [2.45, 2.75) is 20.0 Å². The summed E-state index contributed by atoms with van der Waals surface area (Å²) in [4.78, 5) is 0. The van der Waals surface area contributed by atoms with E-state index in [2.05, 4.69) is 17.1 Å². The molecule has 0 atom stereocenters. The first-order valence-electron chi connectivity index (χ1n) is 5.64. The molecule has 0 aliphatic rings. The Kier molecular flexibility index (Phi) is 7.81. The summed E-state index contributed by atoms with van der Waals surface area (Å²) in [5, 5.41) is 8.78. The molecule has 0 saturated heterocycles. The average molecular weight is 261 g/mol. The van der Waals surface area contributed by atoms with Crippen LogP contribution in [0.25, 0.3) is 0 Å². The summed E-state index contributed by atoms with van der Waals surface area (Å²) in [6.45, 7) is 5.64. The van der Waals surface area contributed by atoms with E-state index in [4.69, 9.17) is 19.9 Å². The van der Waals surface area contributed by atoms with Crippen molar-refractivity contribution in [3.05, 3.63) is 5.01 Å². The van der Waals surface area contributed by atoms with E-state index in [9.17, 15) is 0 Å². The molecule has 0 saturated carbocycles. The van der Waals surface area contributed by atoms with Gasteiger partial charge >= 0.3 is 0 Å². The van der Waals surface area contributed by atoms with E-state index in [1.165, 1.54) is 11.3 Å². The van der Waals surface area contributed by atoms with Crippen LogP contribution in [0.15, 0.2) is 0 Å². The number of aromatic nitrogens is 2. The first kappa shape index (κ1) is 14.3. The normalized spacial score (nSPS) is 10.9. The van der Waals surface area contributed by atoms with Crippen LogP contribution < -0.4 is 5.73 Å². The lowest BCUT2D eigenvalue weighted by Crippen LogP contribution is -2.09. The first-order chi connectivity index (χ1) is 8.33. The summed E-state index contributed by atoms with van der Waals surface area (Å²) < 4.78 is 15.9. The van der Waals surface area contributed by atoms with Gasteiger partial charge in [0, 0.05) is 6.61 Å². The highest BCUT2D eigenvalue weighted by Crippen LogP contribution is 2.11. The van der Waals surface area contributed by atoms with E-state index in [1.54, 1.807) is 0 Å². The summed E-state index contributed by atoms with van der Waals surface area (Å²) in [7, 11) is 0. The van der Waals surface area contributed by atoms with Gasteiger partial charge in [-0.05, 0) is 6.42 Å². The number of nitrogens with zero attached hydrogens (tertiary/aromatic N) is 2. The second-order valence-corrected chi connectivity index (χ2v) is 4.41. The van der Waals surface area contributed by atoms with Crippen LogP contribution in [0.5, 0.6) is 0 Å². The van der Waals surface area contributed by atoms with Crippen LogP contribution in [-0.4, -0.2) is 43.2 Å². The summed E-state index contributed by atoms with van der Waals surface area (Å²) in [5.74, 6) is 0. The monoisotopic (exact) mass is 261 g/mol. The fourth-order valence-corrected chi connectivity index (χ4v) is 1.62. The number of hydrogen-bond acceptors (Lipinski definition) is 7. The topological polar surface area (TPSA) is 79.5 Å². The molecule has 0 amide bonds. The van der Waals surface area contributed by atoms with Crippen molar-refractivity contribution in [1.82, 2.24) is 10.2 Å². The van der Waals surface area contributed by atoms with Crippen LogP contribution in [0.4, 0.5) is 5.13 Å². The number of rotatable bonds is 10. The van der Waals surface area contributed by atoms with Crippen LogP contribution in [0.3, 0.4) is 0 Å². The summed E-state index contributed by atoms with van der Waals surface area (Å²) >= 11 is 1.33. The maximum Gasteiger partial charge on any atom is 0.203 e. The lowest BCUT2D eigenvalue weighted by Gasteiger charge is -2.05. The molecule has 6 nitrogen and oxygen atoms in total. The van der Waals surface area contributed by atoms with Crippen molar-refractivity contribution < 1.29 is 14.2 Å². The molecule has 1 aromatic heterocycles. The molecule has 1 rings (SSSR count). The van der Waals surface area contributed by atoms with Crippen LogP contribution in [0.1, 0.15) is 18.4 Å². The predicted octanol–water partition coefficient (Wildman–Crippen LogP) is 1.08. The largest absolute Gasteiger partial charge is 0.379 e. The van der Waals surface area contributed by atoms with Crippen LogP contribution >= 0.6 is 11.3 Å². The third kappa shape index (κ3) is 7.22. The molecule has 0 unspecified atom stereocenters. The number of nitrogens with two attached hydrogens (primary N) is 1. The van der Waals surface area contributed by atoms with Gasteiger partial charge in [0.2, 0.25) is 5.13 Å². The first-order valence-corrected chi connectivity index (χ1v) is 6.45. The van der Waals surface area contributed by atoms with Crippen LogP contribution in [0.2, 0.25) is 0 Å². The van der Waals surface area contributed by atoms with E-state index in [0.29, 0.717) is 38.2 Å². The second-order valence-electron chi connectivity index (χ2n) is 3.31. The van der Waals surface area contributed by atoms with Gasteiger partial charge in [0.25, 0.3) is 0 Å². The molecule has 17 heavy (non-hydrogen) atoms. The minimum absolute atomic E-state index is 0.435.